The normalized spacial score (nSPS) is 23.9. The molecule has 2 aliphatic rings. The lowest BCUT2D eigenvalue weighted by Crippen LogP contribution is -2.51. The number of nitrogens with one attached hydrogen (secondary N) is 1. The molecule has 2 aliphatic heterocycles. The second-order valence-corrected chi connectivity index (χ2v) is 7.67. The van der Waals surface area contributed by atoms with Gasteiger partial charge in [-0.25, -0.2) is 8.42 Å². The summed E-state index contributed by atoms with van der Waals surface area (Å²) in [5.41, 5.74) is 1.47. The molecule has 0 saturated carbocycles. The SMILES string of the molecule is CC1CN(S(=O)(=O)c2ccc3c(c2)CC(=O)N3)CCN1C. The van der Waals surface area contributed by atoms with Gasteiger partial charge in [-0.15, -0.1) is 0 Å². The third-order valence-corrected chi connectivity index (χ3v) is 6.12. The van der Waals surface area contributed by atoms with Gasteiger partial charge < -0.3 is 10.2 Å². The Kier molecular flexibility index (Phi) is 3.51. The maximum absolute atomic E-state index is 12.7. The van der Waals surface area contributed by atoms with E-state index in [-0.39, 0.29) is 23.3 Å². The molecule has 1 unspecified atom stereocenters. The van der Waals surface area contributed by atoms with E-state index >= 15 is 0 Å². The second-order valence-electron chi connectivity index (χ2n) is 5.74. The fraction of sp³-hybridized carbons (Fsp3) is 0.500. The van der Waals surface area contributed by atoms with Gasteiger partial charge in [0.05, 0.1) is 11.3 Å². The fourth-order valence-corrected chi connectivity index (χ4v) is 4.31. The standard InChI is InChI=1S/C14H19N3O3S/c1-10-9-17(6-5-16(10)2)21(19,20)12-3-4-13-11(7-12)8-14(18)15-13/h3-4,7,10H,5-6,8-9H2,1-2H3,(H,15,18). The molecule has 1 fully saturated rings. The maximum Gasteiger partial charge on any atom is 0.243 e. The van der Waals surface area contributed by atoms with Crippen molar-refractivity contribution in [3.63, 3.8) is 0 Å². The van der Waals surface area contributed by atoms with Crippen LogP contribution in [0.4, 0.5) is 5.69 Å². The number of likely N-dealkylation sites (N-methyl/N-ethyl adjacent to an activating group) is 1. The Morgan fingerprint density at radius 2 is 2.05 bits per heavy atom. The molecule has 3 rings (SSSR count). The van der Waals surface area contributed by atoms with Crippen molar-refractivity contribution in [1.82, 2.24) is 9.21 Å². The number of amides is 1. The maximum atomic E-state index is 12.7. The second kappa shape index (κ2) is 5.08. The molecule has 1 amide bonds. The number of piperazine rings is 1. The van der Waals surface area contributed by atoms with Gasteiger partial charge >= 0.3 is 0 Å². The first-order valence-electron chi connectivity index (χ1n) is 7.01. The van der Waals surface area contributed by atoms with E-state index in [0.29, 0.717) is 18.8 Å². The van der Waals surface area contributed by atoms with Crippen LogP contribution in [0.25, 0.3) is 0 Å². The van der Waals surface area contributed by atoms with Crippen molar-refractivity contribution in [2.45, 2.75) is 24.3 Å². The first-order valence-corrected chi connectivity index (χ1v) is 8.45. The van der Waals surface area contributed by atoms with E-state index in [1.165, 1.54) is 4.31 Å². The Balaban J connectivity index is 1.89. The molecule has 1 atom stereocenters. The first-order chi connectivity index (χ1) is 9.88. The quantitative estimate of drug-likeness (QED) is 0.864. The van der Waals surface area contributed by atoms with E-state index in [4.69, 9.17) is 0 Å². The molecule has 21 heavy (non-hydrogen) atoms. The zero-order chi connectivity index (χ0) is 15.2. The number of rotatable bonds is 2. The summed E-state index contributed by atoms with van der Waals surface area (Å²) >= 11 is 0. The highest BCUT2D eigenvalue weighted by Gasteiger charge is 2.31. The van der Waals surface area contributed by atoms with Gasteiger partial charge in [0.25, 0.3) is 0 Å². The molecule has 0 radical (unpaired) electrons. The molecule has 7 heteroatoms. The summed E-state index contributed by atoms with van der Waals surface area (Å²) in [5.74, 6) is -0.0900. The lowest BCUT2D eigenvalue weighted by Gasteiger charge is -2.36. The predicted molar refractivity (Wildman–Crippen MR) is 79.6 cm³/mol. The third kappa shape index (κ3) is 2.56. The average Bonchev–Trinajstić information content (AvgIpc) is 2.80. The number of carbonyl (C=O) groups excluding carboxylic acids is 1. The van der Waals surface area contributed by atoms with E-state index in [0.717, 1.165) is 12.1 Å². The van der Waals surface area contributed by atoms with Gasteiger partial charge in [-0.3, -0.25) is 4.79 Å². The van der Waals surface area contributed by atoms with Crippen LogP contribution in [-0.2, 0) is 21.2 Å². The van der Waals surface area contributed by atoms with Crippen molar-refractivity contribution in [1.29, 1.82) is 0 Å². The minimum atomic E-state index is -3.49. The number of fused-ring (bicyclic) bond motifs is 1. The number of hydrogen-bond donors (Lipinski definition) is 1. The van der Waals surface area contributed by atoms with Crippen molar-refractivity contribution in [2.24, 2.45) is 0 Å². The van der Waals surface area contributed by atoms with E-state index in [1.54, 1.807) is 18.2 Å². The van der Waals surface area contributed by atoms with E-state index in [1.807, 2.05) is 14.0 Å². The highest BCUT2D eigenvalue weighted by Crippen LogP contribution is 2.28. The van der Waals surface area contributed by atoms with Gasteiger partial charge in [0, 0.05) is 31.4 Å². The van der Waals surface area contributed by atoms with Crippen LogP contribution < -0.4 is 5.32 Å². The van der Waals surface area contributed by atoms with Crippen LogP contribution in [0, 0.1) is 0 Å². The van der Waals surface area contributed by atoms with Crippen molar-refractivity contribution in [3.8, 4) is 0 Å². The van der Waals surface area contributed by atoms with Crippen LogP contribution in [0.15, 0.2) is 23.1 Å². The molecule has 1 aromatic rings. The average molecular weight is 309 g/mol. The van der Waals surface area contributed by atoms with Gasteiger partial charge in [-0.1, -0.05) is 0 Å². The molecular formula is C14H19N3O3S. The highest BCUT2D eigenvalue weighted by molar-refractivity contribution is 7.89. The van der Waals surface area contributed by atoms with Gasteiger partial charge in [-0.05, 0) is 37.7 Å². The van der Waals surface area contributed by atoms with E-state index in [9.17, 15) is 13.2 Å². The smallest absolute Gasteiger partial charge is 0.243 e. The Hall–Kier alpha value is -1.44. The molecule has 114 valence electrons. The van der Waals surface area contributed by atoms with E-state index < -0.39 is 10.0 Å². The summed E-state index contributed by atoms with van der Waals surface area (Å²) in [6.45, 7) is 3.74. The summed E-state index contributed by atoms with van der Waals surface area (Å²) in [6.07, 6.45) is 0.248. The van der Waals surface area contributed by atoms with Crippen LogP contribution in [0.2, 0.25) is 0 Å². The summed E-state index contributed by atoms with van der Waals surface area (Å²) < 4.78 is 27.0. The molecule has 1 aromatic carbocycles. The topological polar surface area (TPSA) is 69.7 Å². The molecule has 0 aromatic heterocycles. The number of nitrogens with zero attached hydrogens (tertiary/aromatic N) is 2. The van der Waals surface area contributed by atoms with Crippen molar-refractivity contribution in [3.05, 3.63) is 23.8 Å². The van der Waals surface area contributed by atoms with Crippen LogP contribution >= 0.6 is 0 Å². The summed E-state index contributed by atoms with van der Waals surface area (Å²) in [4.78, 5) is 13.8. The molecule has 0 bridgehead atoms. The van der Waals surface area contributed by atoms with Crippen LogP contribution in [0.3, 0.4) is 0 Å². The largest absolute Gasteiger partial charge is 0.326 e. The lowest BCUT2D eigenvalue weighted by atomic mass is 10.2. The molecule has 0 aliphatic carbocycles. The van der Waals surface area contributed by atoms with Crippen LogP contribution in [-0.4, -0.2) is 56.3 Å². The van der Waals surface area contributed by atoms with Crippen LogP contribution in [0.1, 0.15) is 12.5 Å². The summed E-state index contributed by atoms with van der Waals surface area (Å²) in [5, 5.41) is 2.71. The minimum absolute atomic E-state index is 0.0900. The third-order valence-electron chi connectivity index (χ3n) is 4.26. The molecule has 1 saturated heterocycles. The summed E-state index contributed by atoms with van der Waals surface area (Å²) in [6, 6.07) is 5.06. The number of sulfonamides is 1. The lowest BCUT2D eigenvalue weighted by molar-refractivity contribution is -0.115. The van der Waals surface area contributed by atoms with E-state index in [2.05, 4.69) is 10.2 Å². The minimum Gasteiger partial charge on any atom is -0.326 e. The monoisotopic (exact) mass is 309 g/mol. The fourth-order valence-electron chi connectivity index (χ4n) is 2.75. The summed E-state index contributed by atoms with van der Waals surface area (Å²) in [7, 11) is -1.49. The predicted octanol–water partition coefficient (Wildman–Crippen LogP) is 0.506. The number of benzene rings is 1. The number of carbonyl (C=O) groups is 1. The first kappa shape index (κ1) is 14.5. The van der Waals surface area contributed by atoms with Gasteiger partial charge in [-0.2, -0.15) is 4.31 Å². The van der Waals surface area contributed by atoms with Crippen molar-refractivity contribution >= 4 is 21.6 Å². The Labute approximate surface area is 124 Å². The van der Waals surface area contributed by atoms with Crippen LogP contribution in [0.5, 0.6) is 0 Å². The zero-order valence-corrected chi connectivity index (χ0v) is 13.0. The Morgan fingerprint density at radius 3 is 2.76 bits per heavy atom. The number of hydrogen-bond acceptors (Lipinski definition) is 4. The molecule has 2 heterocycles. The molecule has 6 nitrogen and oxygen atoms in total. The van der Waals surface area contributed by atoms with Crippen molar-refractivity contribution in [2.75, 3.05) is 32.0 Å². The molecular weight excluding hydrogens is 290 g/mol. The Bertz CT molecular complexity index is 687. The zero-order valence-electron chi connectivity index (χ0n) is 12.2. The highest BCUT2D eigenvalue weighted by atomic mass is 32.2. The van der Waals surface area contributed by atoms with Crippen molar-refractivity contribution < 1.29 is 13.2 Å². The van der Waals surface area contributed by atoms with Gasteiger partial charge in [0.2, 0.25) is 15.9 Å². The molecule has 0 spiro atoms. The molecule has 1 N–H and O–H groups in total. The Morgan fingerprint density at radius 1 is 1.29 bits per heavy atom. The number of anilines is 1. The van der Waals surface area contributed by atoms with Gasteiger partial charge in [0.1, 0.15) is 0 Å². The van der Waals surface area contributed by atoms with Gasteiger partial charge in [0.15, 0.2) is 0 Å².